The van der Waals surface area contributed by atoms with Crippen LogP contribution >= 0.6 is 0 Å². The van der Waals surface area contributed by atoms with Crippen molar-refractivity contribution in [2.75, 3.05) is 18.8 Å². The molecule has 7 heteroatoms. The predicted octanol–water partition coefficient (Wildman–Crippen LogP) is 1.53. The van der Waals surface area contributed by atoms with Crippen LogP contribution in [-0.2, 0) is 4.79 Å². The summed E-state index contributed by atoms with van der Waals surface area (Å²) < 4.78 is 26.8. The van der Waals surface area contributed by atoms with Gasteiger partial charge in [0.2, 0.25) is 5.91 Å². The standard InChI is InChI=1S/C14H19F2N3O2/c1-4-19(7-13(20)18-8(2)3)14(21)9-5-12(17)11(16)6-10(9)15/h5-6,8H,4,7,17H2,1-3H3,(H,18,20). The van der Waals surface area contributed by atoms with Crippen LogP contribution in [0.5, 0.6) is 0 Å². The number of rotatable bonds is 5. The number of carbonyl (C=O) groups excluding carboxylic acids is 2. The molecular formula is C14H19F2N3O2. The number of carbonyl (C=O) groups is 2. The van der Waals surface area contributed by atoms with Crippen LogP contribution < -0.4 is 11.1 Å². The van der Waals surface area contributed by atoms with Gasteiger partial charge in [-0.3, -0.25) is 9.59 Å². The number of amides is 2. The number of hydrogen-bond donors (Lipinski definition) is 2. The SMILES string of the molecule is CCN(CC(=O)NC(C)C)C(=O)c1cc(N)c(F)cc1F. The highest BCUT2D eigenvalue weighted by Crippen LogP contribution is 2.18. The van der Waals surface area contributed by atoms with Gasteiger partial charge in [-0.05, 0) is 26.8 Å². The molecule has 0 aliphatic heterocycles. The first-order valence-corrected chi connectivity index (χ1v) is 6.59. The molecule has 1 aromatic rings. The van der Waals surface area contributed by atoms with E-state index in [1.165, 1.54) is 0 Å². The maximum absolute atomic E-state index is 13.7. The van der Waals surface area contributed by atoms with Crippen molar-refractivity contribution >= 4 is 17.5 Å². The van der Waals surface area contributed by atoms with Crippen molar-refractivity contribution in [2.24, 2.45) is 0 Å². The second-order valence-corrected chi connectivity index (χ2v) is 4.90. The second-order valence-electron chi connectivity index (χ2n) is 4.90. The summed E-state index contributed by atoms with van der Waals surface area (Å²) in [5.41, 5.74) is 4.67. The van der Waals surface area contributed by atoms with Gasteiger partial charge in [-0.15, -0.1) is 0 Å². The summed E-state index contributed by atoms with van der Waals surface area (Å²) in [6.07, 6.45) is 0. The van der Waals surface area contributed by atoms with Crippen LogP contribution in [0, 0.1) is 11.6 Å². The highest BCUT2D eigenvalue weighted by atomic mass is 19.1. The zero-order valence-electron chi connectivity index (χ0n) is 12.2. The van der Waals surface area contributed by atoms with Gasteiger partial charge in [-0.1, -0.05) is 0 Å². The minimum absolute atomic E-state index is 0.0653. The van der Waals surface area contributed by atoms with Gasteiger partial charge in [0, 0.05) is 18.7 Å². The van der Waals surface area contributed by atoms with Crippen molar-refractivity contribution in [3.63, 3.8) is 0 Å². The van der Waals surface area contributed by atoms with Crippen LogP contribution in [-0.4, -0.2) is 35.8 Å². The van der Waals surface area contributed by atoms with E-state index in [-0.39, 0.29) is 36.3 Å². The highest BCUT2D eigenvalue weighted by Gasteiger charge is 2.22. The van der Waals surface area contributed by atoms with Crippen LogP contribution in [0.1, 0.15) is 31.1 Å². The van der Waals surface area contributed by atoms with Gasteiger partial charge in [0.15, 0.2) is 0 Å². The third-order valence-corrected chi connectivity index (χ3v) is 2.77. The van der Waals surface area contributed by atoms with Gasteiger partial charge < -0.3 is 16.0 Å². The molecule has 1 rings (SSSR count). The van der Waals surface area contributed by atoms with Crippen molar-refractivity contribution in [1.82, 2.24) is 10.2 Å². The zero-order chi connectivity index (χ0) is 16.2. The number of likely N-dealkylation sites (N-methyl/N-ethyl adjacent to an activating group) is 1. The molecule has 0 heterocycles. The summed E-state index contributed by atoms with van der Waals surface area (Å²) in [5.74, 6) is -2.99. The Labute approximate surface area is 122 Å². The summed E-state index contributed by atoms with van der Waals surface area (Å²) in [4.78, 5) is 25.1. The number of hydrogen-bond acceptors (Lipinski definition) is 3. The molecule has 0 radical (unpaired) electrons. The molecule has 3 N–H and O–H groups in total. The topological polar surface area (TPSA) is 75.4 Å². The lowest BCUT2D eigenvalue weighted by molar-refractivity contribution is -0.122. The molecule has 0 saturated heterocycles. The Morgan fingerprint density at radius 1 is 1.29 bits per heavy atom. The van der Waals surface area contributed by atoms with E-state index in [4.69, 9.17) is 5.73 Å². The van der Waals surface area contributed by atoms with E-state index in [2.05, 4.69) is 5.32 Å². The maximum Gasteiger partial charge on any atom is 0.257 e. The van der Waals surface area contributed by atoms with E-state index in [1.807, 2.05) is 0 Å². The molecular weight excluding hydrogens is 280 g/mol. The maximum atomic E-state index is 13.7. The van der Waals surface area contributed by atoms with E-state index in [0.29, 0.717) is 6.07 Å². The number of anilines is 1. The van der Waals surface area contributed by atoms with Crippen molar-refractivity contribution in [2.45, 2.75) is 26.8 Å². The Morgan fingerprint density at radius 2 is 1.90 bits per heavy atom. The van der Waals surface area contributed by atoms with Crippen molar-refractivity contribution < 1.29 is 18.4 Å². The largest absolute Gasteiger partial charge is 0.396 e. The van der Waals surface area contributed by atoms with E-state index < -0.39 is 17.5 Å². The summed E-state index contributed by atoms with van der Waals surface area (Å²) in [6, 6.07) is 1.44. The molecule has 116 valence electrons. The van der Waals surface area contributed by atoms with Crippen LogP contribution in [0.3, 0.4) is 0 Å². The molecule has 0 aliphatic carbocycles. The minimum atomic E-state index is -1.01. The smallest absolute Gasteiger partial charge is 0.257 e. The number of nitrogen functional groups attached to an aromatic ring is 1. The molecule has 0 bridgehead atoms. The number of nitrogens with zero attached hydrogens (tertiary/aromatic N) is 1. The first-order chi connectivity index (χ1) is 9.76. The second kappa shape index (κ2) is 7.01. The molecule has 0 aliphatic rings. The van der Waals surface area contributed by atoms with Crippen LogP contribution in [0.4, 0.5) is 14.5 Å². The van der Waals surface area contributed by atoms with Gasteiger partial charge in [-0.2, -0.15) is 0 Å². The van der Waals surface area contributed by atoms with Gasteiger partial charge in [-0.25, -0.2) is 8.78 Å². The van der Waals surface area contributed by atoms with Crippen molar-refractivity contribution in [3.05, 3.63) is 29.3 Å². The highest BCUT2D eigenvalue weighted by molar-refractivity contribution is 5.97. The quantitative estimate of drug-likeness (QED) is 0.810. The summed E-state index contributed by atoms with van der Waals surface area (Å²) in [5, 5.41) is 2.64. The molecule has 0 aromatic heterocycles. The number of nitrogens with two attached hydrogens (primary N) is 1. The van der Waals surface area contributed by atoms with Crippen molar-refractivity contribution in [1.29, 1.82) is 0 Å². The van der Waals surface area contributed by atoms with Crippen LogP contribution in [0.2, 0.25) is 0 Å². The first-order valence-electron chi connectivity index (χ1n) is 6.59. The Bertz CT molecular complexity index is 547. The van der Waals surface area contributed by atoms with Gasteiger partial charge >= 0.3 is 0 Å². The average Bonchev–Trinajstić information content (AvgIpc) is 2.38. The minimum Gasteiger partial charge on any atom is -0.396 e. The fourth-order valence-corrected chi connectivity index (χ4v) is 1.77. The Morgan fingerprint density at radius 3 is 2.43 bits per heavy atom. The predicted molar refractivity (Wildman–Crippen MR) is 75.6 cm³/mol. The molecule has 0 spiro atoms. The van der Waals surface area contributed by atoms with Gasteiger partial charge in [0.05, 0.1) is 17.8 Å². The fraction of sp³-hybridized carbons (Fsp3) is 0.429. The molecule has 0 fully saturated rings. The summed E-state index contributed by atoms with van der Waals surface area (Å²) in [7, 11) is 0. The first kappa shape index (κ1) is 16.9. The Balaban J connectivity index is 2.94. The molecule has 5 nitrogen and oxygen atoms in total. The normalized spacial score (nSPS) is 10.6. The molecule has 2 amide bonds. The molecule has 1 aromatic carbocycles. The fourth-order valence-electron chi connectivity index (χ4n) is 1.77. The monoisotopic (exact) mass is 299 g/mol. The van der Waals surface area contributed by atoms with E-state index in [1.54, 1.807) is 20.8 Å². The summed E-state index contributed by atoms with van der Waals surface area (Å²) >= 11 is 0. The molecule has 21 heavy (non-hydrogen) atoms. The Hall–Kier alpha value is -2.18. The number of halogens is 2. The van der Waals surface area contributed by atoms with E-state index >= 15 is 0 Å². The lowest BCUT2D eigenvalue weighted by Gasteiger charge is -2.21. The molecule has 0 saturated carbocycles. The van der Waals surface area contributed by atoms with Gasteiger partial charge in [0.25, 0.3) is 5.91 Å². The zero-order valence-corrected chi connectivity index (χ0v) is 12.2. The summed E-state index contributed by atoms with van der Waals surface area (Å²) in [6.45, 7) is 5.24. The third-order valence-electron chi connectivity index (χ3n) is 2.77. The van der Waals surface area contributed by atoms with Crippen LogP contribution in [0.25, 0.3) is 0 Å². The van der Waals surface area contributed by atoms with E-state index in [0.717, 1.165) is 11.0 Å². The van der Waals surface area contributed by atoms with Gasteiger partial charge in [0.1, 0.15) is 11.6 Å². The van der Waals surface area contributed by atoms with E-state index in [9.17, 15) is 18.4 Å². The average molecular weight is 299 g/mol. The number of benzene rings is 1. The lowest BCUT2D eigenvalue weighted by atomic mass is 10.1. The molecule has 0 unspecified atom stereocenters. The lowest BCUT2D eigenvalue weighted by Crippen LogP contribution is -2.42. The third kappa shape index (κ3) is 4.40. The van der Waals surface area contributed by atoms with Crippen LogP contribution in [0.15, 0.2) is 12.1 Å². The molecule has 0 atom stereocenters. The van der Waals surface area contributed by atoms with Crippen molar-refractivity contribution in [3.8, 4) is 0 Å². The number of nitrogens with one attached hydrogen (secondary N) is 1. The Kier molecular flexibility index (Phi) is 5.63.